The molecule has 3 aromatic carbocycles. The molecule has 0 atom stereocenters. The van der Waals surface area contributed by atoms with E-state index in [1.165, 1.54) is 24.3 Å². The molecular formula is C20H22O4. The van der Waals surface area contributed by atoms with Gasteiger partial charge in [-0.1, -0.05) is 39.1 Å². The fourth-order valence-corrected chi connectivity index (χ4v) is 2.47. The minimum absolute atomic E-state index is 0. The van der Waals surface area contributed by atoms with E-state index in [1.54, 1.807) is 30.3 Å². The van der Waals surface area contributed by atoms with Gasteiger partial charge in [-0.05, 0) is 41.3 Å². The monoisotopic (exact) mass is 326 g/mol. The van der Waals surface area contributed by atoms with Crippen molar-refractivity contribution in [3.05, 3.63) is 65.7 Å². The van der Waals surface area contributed by atoms with Crippen LogP contribution in [-0.4, -0.2) is 21.1 Å². The van der Waals surface area contributed by atoms with Gasteiger partial charge in [0.05, 0.1) is 5.56 Å². The highest BCUT2D eigenvalue weighted by Gasteiger charge is 2.14. The Hall–Kier alpha value is -3.01. The Labute approximate surface area is 141 Å². The molecule has 0 spiro atoms. The van der Waals surface area contributed by atoms with Gasteiger partial charge in [0.1, 0.15) is 17.2 Å². The number of aromatic hydroxyl groups is 3. The average molecular weight is 326 g/mol. The highest BCUT2D eigenvalue weighted by atomic mass is 16.3. The van der Waals surface area contributed by atoms with E-state index in [0.29, 0.717) is 16.3 Å². The molecule has 4 heteroatoms. The molecule has 0 aliphatic carbocycles. The van der Waals surface area contributed by atoms with Crippen LogP contribution in [0.15, 0.2) is 54.6 Å². The third-order valence-electron chi connectivity index (χ3n) is 3.55. The molecular weight excluding hydrogens is 304 g/mol. The van der Waals surface area contributed by atoms with Crippen molar-refractivity contribution in [2.75, 3.05) is 0 Å². The minimum atomic E-state index is -0.256. The second kappa shape index (κ2) is 7.51. The van der Waals surface area contributed by atoms with Crippen molar-refractivity contribution in [1.82, 2.24) is 0 Å². The lowest BCUT2D eigenvalue weighted by molar-refractivity contribution is 0.0990. The number of Topliss-reactive ketones (excluding diaryl/α,β-unsaturated/α-hetero) is 1. The van der Waals surface area contributed by atoms with Gasteiger partial charge >= 0.3 is 0 Å². The molecule has 0 unspecified atom stereocenters. The zero-order chi connectivity index (χ0) is 15.7. The predicted molar refractivity (Wildman–Crippen MR) is 96.9 cm³/mol. The molecule has 3 rings (SSSR count). The number of carbonyl (C=O) groups excluding carboxylic acids is 1. The number of phenols is 3. The smallest absolute Gasteiger partial charge is 0.170 e. The summed E-state index contributed by atoms with van der Waals surface area (Å²) in [6.45, 7) is 0. The van der Waals surface area contributed by atoms with Crippen molar-refractivity contribution < 1.29 is 20.1 Å². The summed E-state index contributed by atoms with van der Waals surface area (Å²) in [5.41, 5.74) is 0.863. The lowest BCUT2D eigenvalue weighted by atomic mass is 9.98. The Morgan fingerprint density at radius 2 is 1.54 bits per heavy atom. The molecule has 3 aromatic rings. The van der Waals surface area contributed by atoms with E-state index < -0.39 is 0 Å². The van der Waals surface area contributed by atoms with Crippen LogP contribution >= 0.6 is 0 Å². The summed E-state index contributed by atoms with van der Waals surface area (Å²) >= 11 is 0. The van der Waals surface area contributed by atoms with E-state index in [4.69, 9.17) is 0 Å². The molecule has 0 radical (unpaired) electrons. The second-order valence-corrected chi connectivity index (χ2v) is 5.14. The summed E-state index contributed by atoms with van der Waals surface area (Å²) in [7, 11) is 0. The van der Waals surface area contributed by atoms with Gasteiger partial charge in [0.25, 0.3) is 0 Å². The van der Waals surface area contributed by atoms with E-state index in [9.17, 15) is 20.1 Å². The Kier molecular flexibility index (Phi) is 5.95. The van der Waals surface area contributed by atoms with Crippen LogP contribution in [0.5, 0.6) is 17.2 Å². The standard InChI is InChI=1S/C18H14O4.2CH4/c19-13-5-1-3-11(7-13)8-17(21)15-9-12-4-2-6-16(20)14(12)10-18(15)22;;/h1-7,9-10,19-20,22H,8H2;2*1H4. The number of hydrogen-bond acceptors (Lipinski definition) is 4. The van der Waals surface area contributed by atoms with Crippen LogP contribution in [0.4, 0.5) is 0 Å². The van der Waals surface area contributed by atoms with Crippen molar-refractivity contribution in [3.63, 3.8) is 0 Å². The molecule has 0 saturated heterocycles. The summed E-state index contributed by atoms with van der Waals surface area (Å²) in [5.74, 6) is -0.273. The Bertz CT molecular complexity index is 869. The molecule has 0 fully saturated rings. The molecule has 0 bridgehead atoms. The van der Waals surface area contributed by atoms with Crippen molar-refractivity contribution in [2.45, 2.75) is 21.3 Å². The van der Waals surface area contributed by atoms with Crippen LogP contribution in [0, 0.1) is 0 Å². The first kappa shape index (κ1) is 19.0. The fourth-order valence-electron chi connectivity index (χ4n) is 2.47. The number of rotatable bonds is 3. The SMILES string of the molecule is C.C.O=C(Cc1cccc(O)c1)c1cc2cccc(O)c2cc1O. The van der Waals surface area contributed by atoms with E-state index in [-0.39, 0.29) is 49.9 Å². The molecule has 0 heterocycles. The molecule has 0 amide bonds. The lowest BCUT2D eigenvalue weighted by Crippen LogP contribution is -2.04. The second-order valence-electron chi connectivity index (χ2n) is 5.14. The third-order valence-corrected chi connectivity index (χ3v) is 3.55. The number of phenolic OH excluding ortho intramolecular Hbond substituents is 3. The van der Waals surface area contributed by atoms with Gasteiger partial charge < -0.3 is 15.3 Å². The zero-order valence-corrected chi connectivity index (χ0v) is 11.7. The zero-order valence-electron chi connectivity index (χ0n) is 11.7. The van der Waals surface area contributed by atoms with E-state index in [0.717, 1.165) is 0 Å². The van der Waals surface area contributed by atoms with Crippen LogP contribution in [0.3, 0.4) is 0 Å². The summed E-state index contributed by atoms with van der Waals surface area (Å²) < 4.78 is 0. The van der Waals surface area contributed by atoms with Gasteiger partial charge in [0, 0.05) is 11.8 Å². The predicted octanol–water partition coefficient (Wildman–Crippen LogP) is 4.65. The van der Waals surface area contributed by atoms with E-state index in [2.05, 4.69) is 0 Å². The molecule has 3 N–H and O–H groups in total. The van der Waals surface area contributed by atoms with Gasteiger partial charge in [-0.15, -0.1) is 0 Å². The number of benzene rings is 3. The maximum atomic E-state index is 12.4. The number of fused-ring (bicyclic) bond motifs is 1. The first-order valence-corrected chi connectivity index (χ1v) is 6.80. The molecule has 0 aromatic heterocycles. The minimum Gasteiger partial charge on any atom is -0.508 e. The lowest BCUT2D eigenvalue weighted by Gasteiger charge is -2.08. The molecule has 4 nitrogen and oxygen atoms in total. The van der Waals surface area contributed by atoms with Crippen molar-refractivity contribution >= 4 is 16.6 Å². The number of ketones is 1. The highest BCUT2D eigenvalue weighted by Crippen LogP contribution is 2.31. The maximum Gasteiger partial charge on any atom is 0.170 e. The van der Waals surface area contributed by atoms with Gasteiger partial charge in [-0.25, -0.2) is 0 Å². The first-order valence-electron chi connectivity index (χ1n) is 6.80. The van der Waals surface area contributed by atoms with Crippen LogP contribution in [0.2, 0.25) is 0 Å². The fraction of sp³-hybridized carbons (Fsp3) is 0.150. The van der Waals surface area contributed by atoms with Gasteiger partial charge in [0.2, 0.25) is 0 Å². The Balaban J connectivity index is 0.00000144. The quantitative estimate of drug-likeness (QED) is 0.612. The third kappa shape index (κ3) is 3.66. The topological polar surface area (TPSA) is 77.8 Å². The summed E-state index contributed by atoms with van der Waals surface area (Å²) in [6, 6.07) is 14.4. The highest BCUT2D eigenvalue weighted by molar-refractivity contribution is 6.04. The molecule has 0 aliphatic rings. The summed E-state index contributed by atoms with van der Waals surface area (Å²) in [4.78, 5) is 12.4. The summed E-state index contributed by atoms with van der Waals surface area (Å²) in [5, 5.41) is 30.4. The maximum absolute atomic E-state index is 12.4. The molecule has 0 saturated carbocycles. The largest absolute Gasteiger partial charge is 0.508 e. The summed E-state index contributed by atoms with van der Waals surface area (Å²) in [6.07, 6.45) is 0.0757. The van der Waals surface area contributed by atoms with Gasteiger partial charge in [0.15, 0.2) is 5.78 Å². The number of carbonyl (C=O) groups is 1. The molecule has 126 valence electrons. The van der Waals surface area contributed by atoms with Crippen molar-refractivity contribution in [2.24, 2.45) is 0 Å². The average Bonchev–Trinajstić information content (AvgIpc) is 2.47. The number of hydrogen-bond donors (Lipinski definition) is 3. The van der Waals surface area contributed by atoms with Crippen LogP contribution in [0.1, 0.15) is 30.8 Å². The van der Waals surface area contributed by atoms with Crippen LogP contribution < -0.4 is 0 Å². The normalized spacial score (nSPS) is 9.83. The Morgan fingerprint density at radius 3 is 2.25 bits per heavy atom. The van der Waals surface area contributed by atoms with Crippen LogP contribution in [-0.2, 0) is 6.42 Å². The van der Waals surface area contributed by atoms with Crippen molar-refractivity contribution in [1.29, 1.82) is 0 Å². The first-order chi connectivity index (χ1) is 10.5. The van der Waals surface area contributed by atoms with E-state index >= 15 is 0 Å². The van der Waals surface area contributed by atoms with Gasteiger partial charge in [-0.3, -0.25) is 4.79 Å². The van der Waals surface area contributed by atoms with Crippen LogP contribution in [0.25, 0.3) is 10.8 Å². The Morgan fingerprint density at radius 1 is 0.833 bits per heavy atom. The molecule has 0 aliphatic heterocycles. The van der Waals surface area contributed by atoms with Crippen molar-refractivity contribution in [3.8, 4) is 17.2 Å². The van der Waals surface area contributed by atoms with E-state index in [1.807, 2.05) is 0 Å². The molecule has 24 heavy (non-hydrogen) atoms. The van der Waals surface area contributed by atoms with Gasteiger partial charge in [-0.2, -0.15) is 0 Å².